The van der Waals surface area contributed by atoms with Crippen molar-refractivity contribution in [3.8, 4) is 0 Å². The van der Waals surface area contributed by atoms with Crippen molar-refractivity contribution < 1.29 is 14.7 Å². The highest BCUT2D eigenvalue weighted by atomic mass is 32.1. The lowest BCUT2D eigenvalue weighted by Crippen LogP contribution is -2.42. The van der Waals surface area contributed by atoms with Gasteiger partial charge in [-0.15, -0.1) is 11.3 Å². The number of rotatable bonds is 3. The minimum absolute atomic E-state index is 0.0614. The zero-order chi connectivity index (χ0) is 16.8. The molecule has 3 atom stereocenters. The maximum Gasteiger partial charge on any atom is 0.317 e. The van der Waals surface area contributed by atoms with Gasteiger partial charge in [0, 0.05) is 22.8 Å². The van der Waals surface area contributed by atoms with Crippen molar-refractivity contribution in [2.75, 3.05) is 13.1 Å². The van der Waals surface area contributed by atoms with E-state index in [-0.39, 0.29) is 18.0 Å². The molecule has 1 aromatic rings. The molecule has 1 aliphatic heterocycles. The van der Waals surface area contributed by atoms with Gasteiger partial charge in [-0.2, -0.15) is 0 Å². The van der Waals surface area contributed by atoms with E-state index in [1.54, 1.807) is 16.2 Å². The SMILES string of the molecule is Cc1cc(C(C)NC(=O)N2C[C@@H]3CCC[C@@]3(C(=O)O)C2)c(C)s1. The second-order valence-electron chi connectivity index (χ2n) is 6.97. The van der Waals surface area contributed by atoms with Gasteiger partial charge in [-0.1, -0.05) is 6.42 Å². The Morgan fingerprint density at radius 1 is 1.48 bits per heavy atom. The summed E-state index contributed by atoms with van der Waals surface area (Å²) in [6, 6.07) is 1.91. The first-order chi connectivity index (χ1) is 10.8. The molecule has 1 aliphatic carbocycles. The minimum atomic E-state index is -0.743. The van der Waals surface area contributed by atoms with Crippen molar-refractivity contribution >= 4 is 23.3 Å². The third-order valence-corrected chi connectivity index (χ3v) is 6.45. The molecule has 23 heavy (non-hydrogen) atoms. The predicted molar refractivity (Wildman–Crippen MR) is 89.7 cm³/mol. The first kappa shape index (κ1) is 16.3. The fraction of sp³-hybridized carbons (Fsp3) is 0.647. The summed E-state index contributed by atoms with van der Waals surface area (Å²) in [7, 11) is 0. The zero-order valence-electron chi connectivity index (χ0n) is 13.9. The Morgan fingerprint density at radius 3 is 2.78 bits per heavy atom. The fourth-order valence-electron chi connectivity index (χ4n) is 4.23. The summed E-state index contributed by atoms with van der Waals surface area (Å²) in [4.78, 5) is 28.4. The summed E-state index contributed by atoms with van der Waals surface area (Å²) in [5, 5.41) is 12.7. The summed E-state index contributed by atoms with van der Waals surface area (Å²) < 4.78 is 0. The van der Waals surface area contributed by atoms with Gasteiger partial charge in [0.25, 0.3) is 0 Å². The third-order valence-electron chi connectivity index (χ3n) is 5.47. The average Bonchev–Trinajstić information content (AvgIpc) is 3.10. The van der Waals surface area contributed by atoms with E-state index < -0.39 is 11.4 Å². The van der Waals surface area contributed by atoms with Gasteiger partial charge >= 0.3 is 12.0 Å². The maximum absolute atomic E-state index is 12.6. The lowest BCUT2D eigenvalue weighted by Gasteiger charge is -2.24. The number of likely N-dealkylation sites (tertiary alicyclic amines) is 1. The number of fused-ring (bicyclic) bond motifs is 1. The summed E-state index contributed by atoms with van der Waals surface area (Å²) in [6.07, 6.45) is 2.56. The zero-order valence-corrected chi connectivity index (χ0v) is 14.7. The number of nitrogens with one attached hydrogen (secondary N) is 1. The van der Waals surface area contributed by atoms with E-state index in [0.29, 0.717) is 19.5 Å². The maximum atomic E-state index is 12.6. The Bertz CT molecular complexity index is 642. The molecule has 3 rings (SSSR count). The molecule has 6 heteroatoms. The van der Waals surface area contributed by atoms with Crippen molar-refractivity contribution in [3.63, 3.8) is 0 Å². The molecule has 2 heterocycles. The smallest absolute Gasteiger partial charge is 0.317 e. The number of hydrogen-bond donors (Lipinski definition) is 2. The highest BCUT2D eigenvalue weighted by molar-refractivity contribution is 7.12. The Labute approximate surface area is 140 Å². The molecule has 2 aliphatic rings. The van der Waals surface area contributed by atoms with Gasteiger partial charge in [0.1, 0.15) is 0 Å². The number of carbonyl (C=O) groups is 2. The Morgan fingerprint density at radius 2 is 2.22 bits per heavy atom. The van der Waals surface area contributed by atoms with Crippen LogP contribution in [0, 0.1) is 25.2 Å². The van der Waals surface area contributed by atoms with Crippen molar-refractivity contribution in [2.45, 2.75) is 46.1 Å². The Hall–Kier alpha value is -1.56. The number of thiophene rings is 1. The number of amides is 2. The summed E-state index contributed by atoms with van der Waals surface area (Å²) in [5.74, 6) is -0.640. The molecule has 2 fully saturated rings. The molecule has 0 aromatic carbocycles. The van der Waals surface area contributed by atoms with Crippen molar-refractivity contribution in [3.05, 3.63) is 21.4 Å². The van der Waals surface area contributed by atoms with Crippen LogP contribution >= 0.6 is 11.3 Å². The van der Waals surface area contributed by atoms with Gasteiger partial charge in [0.05, 0.1) is 11.5 Å². The normalized spacial score (nSPS) is 27.8. The van der Waals surface area contributed by atoms with E-state index in [9.17, 15) is 14.7 Å². The second-order valence-corrected chi connectivity index (χ2v) is 8.43. The minimum Gasteiger partial charge on any atom is -0.481 e. The van der Waals surface area contributed by atoms with Crippen molar-refractivity contribution in [2.24, 2.45) is 11.3 Å². The summed E-state index contributed by atoms with van der Waals surface area (Å²) in [6.45, 7) is 7.01. The molecular formula is C17H24N2O3S. The van der Waals surface area contributed by atoms with Crippen LogP contribution in [0.5, 0.6) is 0 Å². The number of carbonyl (C=O) groups excluding carboxylic acids is 1. The molecule has 0 bridgehead atoms. The van der Waals surface area contributed by atoms with Gasteiger partial charge in [0.2, 0.25) is 0 Å². The largest absolute Gasteiger partial charge is 0.481 e. The van der Waals surface area contributed by atoms with E-state index in [0.717, 1.165) is 18.4 Å². The summed E-state index contributed by atoms with van der Waals surface area (Å²) >= 11 is 1.73. The molecule has 0 radical (unpaired) electrons. The van der Waals surface area contributed by atoms with E-state index in [2.05, 4.69) is 25.2 Å². The number of carboxylic acid groups (broad SMARTS) is 1. The molecule has 2 amide bonds. The van der Waals surface area contributed by atoms with Crippen LogP contribution in [0.25, 0.3) is 0 Å². The molecule has 5 nitrogen and oxygen atoms in total. The van der Waals surface area contributed by atoms with Crippen LogP contribution in [0.15, 0.2) is 6.07 Å². The van der Waals surface area contributed by atoms with Gasteiger partial charge in [0.15, 0.2) is 0 Å². The molecule has 1 saturated heterocycles. The highest BCUT2D eigenvalue weighted by Gasteiger charge is 2.55. The topological polar surface area (TPSA) is 69.6 Å². The third kappa shape index (κ3) is 2.73. The van der Waals surface area contributed by atoms with Crippen LogP contribution in [0.3, 0.4) is 0 Å². The summed E-state index contributed by atoms with van der Waals surface area (Å²) in [5.41, 5.74) is 0.434. The number of hydrogen-bond acceptors (Lipinski definition) is 3. The van der Waals surface area contributed by atoms with E-state index in [4.69, 9.17) is 0 Å². The van der Waals surface area contributed by atoms with Gasteiger partial charge in [-0.3, -0.25) is 4.79 Å². The number of aryl methyl sites for hydroxylation is 2. The molecule has 0 spiro atoms. The van der Waals surface area contributed by atoms with E-state index in [1.807, 2.05) is 6.92 Å². The predicted octanol–water partition coefficient (Wildman–Crippen LogP) is 3.32. The first-order valence-electron chi connectivity index (χ1n) is 8.19. The van der Waals surface area contributed by atoms with Gasteiger partial charge in [-0.25, -0.2) is 4.79 Å². The van der Waals surface area contributed by atoms with Crippen LogP contribution in [-0.4, -0.2) is 35.1 Å². The highest BCUT2D eigenvalue weighted by Crippen LogP contribution is 2.48. The molecular weight excluding hydrogens is 312 g/mol. The number of aliphatic carboxylic acids is 1. The quantitative estimate of drug-likeness (QED) is 0.889. The van der Waals surface area contributed by atoms with Crippen molar-refractivity contribution in [1.82, 2.24) is 10.2 Å². The van der Waals surface area contributed by atoms with Gasteiger partial charge in [-0.05, 0) is 51.2 Å². The van der Waals surface area contributed by atoms with Crippen LogP contribution in [-0.2, 0) is 4.79 Å². The van der Waals surface area contributed by atoms with Crippen LogP contribution < -0.4 is 5.32 Å². The Balaban J connectivity index is 1.68. The Kier molecular flexibility index (Phi) is 4.12. The van der Waals surface area contributed by atoms with Crippen LogP contribution in [0.4, 0.5) is 4.79 Å². The number of carboxylic acids is 1. The molecule has 1 unspecified atom stereocenters. The molecule has 1 saturated carbocycles. The fourth-order valence-corrected chi connectivity index (χ4v) is 5.25. The van der Waals surface area contributed by atoms with Crippen LogP contribution in [0.2, 0.25) is 0 Å². The molecule has 1 aromatic heterocycles. The lowest BCUT2D eigenvalue weighted by atomic mass is 9.81. The van der Waals surface area contributed by atoms with E-state index >= 15 is 0 Å². The van der Waals surface area contributed by atoms with Crippen molar-refractivity contribution in [1.29, 1.82) is 0 Å². The molecule has 126 valence electrons. The standard InChI is InChI=1S/C17H24N2O3S/c1-10-7-14(12(3)23-10)11(2)18-16(22)19-8-13-5-4-6-17(13,9-19)15(20)21/h7,11,13H,4-6,8-9H2,1-3H3,(H,18,22)(H,20,21)/t11?,13-,17+/m0/s1. The van der Waals surface area contributed by atoms with E-state index in [1.165, 1.54) is 9.75 Å². The molecule has 2 N–H and O–H groups in total. The second kappa shape index (κ2) is 5.82. The monoisotopic (exact) mass is 336 g/mol. The number of urea groups is 1. The first-order valence-corrected chi connectivity index (χ1v) is 9.01. The average molecular weight is 336 g/mol. The van der Waals surface area contributed by atoms with Gasteiger partial charge < -0.3 is 15.3 Å². The van der Waals surface area contributed by atoms with Crippen LogP contribution in [0.1, 0.15) is 47.5 Å². The number of nitrogens with zero attached hydrogens (tertiary/aromatic N) is 1. The lowest BCUT2D eigenvalue weighted by molar-refractivity contribution is -0.149.